The molecule has 0 aliphatic carbocycles. The van der Waals surface area contributed by atoms with Crippen molar-refractivity contribution in [1.82, 2.24) is 24.7 Å². The molecule has 0 unspecified atom stereocenters. The Bertz CT molecular complexity index is 484. The molecule has 0 bridgehead atoms. The second-order valence-electron chi connectivity index (χ2n) is 3.95. The van der Waals surface area contributed by atoms with Crippen LogP contribution in [0, 0.1) is 13.8 Å². The SMILES string of the molecule is Cc1cc(NCCc2ncn(C)n2)nc(C)n1. The number of aryl methyl sites for hydroxylation is 3. The first kappa shape index (κ1) is 11.5. The van der Waals surface area contributed by atoms with Crippen molar-refractivity contribution >= 4 is 5.82 Å². The minimum Gasteiger partial charge on any atom is -0.370 e. The van der Waals surface area contributed by atoms with Crippen LogP contribution in [0.1, 0.15) is 17.3 Å². The Labute approximate surface area is 100 Å². The molecule has 0 aliphatic heterocycles. The van der Waals surface area contributed by atoms with Crippen LogP contribution in [-0.2, 0) is 13.5 Å². The van der Waals surface area contributed by atoms with Gasteiger partial charge in [0, 0.05) is 31.8 Å². The third-order valence-corrected chi connectivity index (χ3v) is 2.27. The molecule has 6 nitrogen and oxygen atoms in total. The molecule has 2 aromatic heterocycles. The maximum atomic E-state index is 4.30. The van der Waals surface area contributed by atoms with E-state index in [0.717, 1.165) is 36.1 Å². The van der Waals surface area contributed by atoms with Crippen LogP contribution in [0.25, 0.3) is 0 Å². The molecule has 2 aromatic rings. The van der Waals surface area contributed by atoms with Gasteiger partial charge in [0.25, 0.3) is 0 Å². The van der Waals surface area contributed by atoms with Gasteiger partial charge in [0.05, 0.1) is 0 Å². The quantitative estimate of drug-likeness (QED) is 0.847. The summed E-state index contributed by atoms with van der Waals surface area (Å²) < 4.78 is 1.70. The number of aromatic nitrogens is 5. The van der Waals surface area contributed by atoms with Crippen LogP contribution in [0.5, 0.6) is 0 Å². The molecule has 0 saturated carbocycles. The van der Waals surface area contributed by atoms with E-state index in [9.17, 15) is 0 Å². The monoisotopic (exact) mass is 232 g/mol. The zero-order chi connectivity index (χ0) is 12.3. The molecule has 1 N–H and O–H groups in total. The molecule has 0 fully saturated rings. The summed E-state index contributed by atoms with van der Waals surface area (Å²) in [5, 5.41) is 7.45. The van der Waals surface area contributed by atoms with E-state index in [1.807, 2.05) is 27.0 Å². The summed E-state index contributed by atoms with van der Waals surface area (Å²) in [6, 6.07) is 1.93. The van der Waals surface area contributed by atoms with Crippen LogP contribution in [0.2, 0.25) is 0 Å². The molecule has 6 heteroatoms. The lowest BCUT2D eigenvalue weighted by Crippen LogP contribution is -2.09. The molecule has 0 spiro atoms. The Morgan fingerprint density at radius 1 is 1.29 bits per heavy atom. The minimum absolute atomic E-state index is 0.764. The van der Waals surface area contributed by atoms with E-state index in [0.29, 0.717) is 0 Å². The average molecular weight is 232 g/mol. The fraction of sp³-hybridized carbons (Fsp3) is 0.455. The summed E-state index contributed by atoms with van der Waals surface area (Å²) in [6.07, 6.45) is 2.48. The zero-order valence-corrected chi connectivity index (χ0v) is 10.3. The highest BCUT2D eigenvalue weighted by Gasteiger charge is 2.00. The van der Waals surface area contributed by atoms with Gasteiger partial charge in [-0.25, -0.2) is 15.0 Å². The summed E-state index contributed by atoms with van der Waals surface area (Å²) in [7, 11) is 1.86. The summed E-state index contributed by atoms with van der Waals surface area (Å²) in [5.41, 5.74) is 0.968. The average Bonchev–Trinajstić information content (AvgIpc) is 2.63. The Morgan fingerprint density at radius 3 is 2.76 bits per heavy atom. The molecule has 2 rings (SSSR count). The van der Waals surface area contributed by atoms with E-state index in [1.165, 1.54) is 0 Å². The van der Waals surface area contributed by atoms with Gasteiger partial charge >= 0.3 is 0 Å². The zero-order valence-electron chi connectivity index (χ0n) is 10.3. The van der Waals surface area contributed by atoms with Crippen LogP contribution in [0.3, 0.4) is 0 Å². The molecule has 0 saturated heterocycles. The van der Waals surface area contributed by atoms with E-state index < -0.39 is 0 Å². The van der Waals surface area contributed by atoms with Gasteiger partial charge in [-0.15, -0.1) is 0 Å². The van der Waals surface area contributed by atoms with Gasteiger partial charge in [-0.1, -0.05) is 0 Å². The van der Waals surface area contributed by atoms with E-state index in [2.05, 4.69) is 25.4 Å². The van der Waals surface area contributed by atoms with Crippen LogP contribution in [-0.4, -0.2) is 31.3 Å². The van der Waals surface area contributed by atoms with E-state index in [1.54, 1.807) is 11.0 Å². The van der Waals surface area contributed by atoms with Crippen molar-refractivity contribution in [3.63, 3.8) is 0 Å². The molecule has 0 amide bonds. The smallest absolute Gasteiger partial charge is 0.152 e. The topological polar surface area (TPSA) is 68.5 Å². The van der Waals surface area contributed by atoms with Crippen molar-refractivity contribution < 1.29 is 0 Å². The molecule has 17 heavy (non-hydrogen) atoms. The highest BCUT2D eigenvalue weighted by Crippen LogP contribution is 2.05. The van der Waals surface area contributed by atoms with Crippen molar-refractivity contribution in [1.29, 1.82) is 0 Å². The van der Waals surface area contributed by atoms with E-state index in [-0.39, 0.29) is 0 Å². The van der Waals surface area contributed by atoms with Crippen LogP contribution in [0.15, 0.2) is 12.4 Å². The molecule has 2 heterocycles. The van der Waals surface area contributed by atoms with Gasteiger partial charge < -0.3 is 5.32 Å². The molecule has 90 valence electrons. The molecule has 0 atom stereocenters. The van der Waals surface area contributed by atoms with Crippen molar-refractivity contribution in [2.24, 2.45) is 7.05 Å². The van der Waals surface area contributed by atoms with Gasteiger partial charge in [-0.05, 0) is 13.8 Å². The van der Waals surface area contributed by atoms with E-state index >= 15 is 0 Å². The lowest BCUT2D eigenvalue weighted by molar-refractivity contribution is 0.741. The second kappa shape index (κ2) is 4.90. The summed E-state index contributed by atoms with van der Waals surface area (Å²) in [4.78, 5) is 12.7. The maximum absolute atomic E-state index is 4.30. The number of nitrogens with one attached hydrogen (secondary N) is 1. The number of hydrogen-bond donors (Lipinski definition) is 1. The van der Waals surface area contributed by atoms with Crippen molar-refractivity contribution in [3.8, 4) is 0 Å². The predicted octanol–water partition coefficient (Wildman–Crippen LogP) is 0.877. The molecule has 0 radical (unpaired) electrons. The standard InChI is InChI=1S/C11H16N6/c1-8-6-11(15-9(2)14-8)12-5-4-10-13-7-17(3)16-10/h6-7H,4-5H2,1-3H3,(H,12,14,15). The number of rotatable bonds is 4. The minimum atomic E-state index is 0.764. The van der Waals surface area contributed by atoms with Gasteiger partial charge in [-0.3, -0.25) is 4.68 Å². The summed E-state index contributed by atoms with van der Waals surface area (Å²) in [6.45, 7) is 4.61. The summed E-state index contributed by atoms with van der Waals surface area (Å²) >= 11 is 0. The first-order valence-corrected chi connectivity index (χ1v) is 5.54. The highest BCUT2D eigenvalue weighted by atomic mass is 15.3. The summed E-state index contributed by atoms with van der Waals surface area (Å²) in [5.74, 6) is 2.47. The van der Waals surface area contributed by atoms with Gasteiger partial charge in [0.1, 0.15) is 18.0 Å². The molecular weight excluding hydrogens is 216 g/mol. The second-order valence-corrected chi connectivity index (χ2v) is 3.95. The van der Waals surface area contributed by atoms with Crippen LogP contribution >= 0.6 is 0 Å². The third kappa shape index (κ3) is 3.24. The first-order valence-electron chi connectivity index (χ1n) is 5.54. The first-order chi connectivity index (χ1) is 8.13. The Balaban J connectivity index is 1.89. The highest BCUT2D eigenvalue weighted by molar-refractivity contribution is 5.35. The largest absolute Gasteiger partial charge is 0.370 e. The molecule has 0 aromatic carbocycles. The Hall–Kier alpha value is -1.98. The Kier molecular flexibility index (Phi) is 3.32. The number of nitrogens with zero attached hydrogens (tertiary/aromatic N) is 5. The Morgan fingerprint density at radius 2 is 2.12 bits per heavy atom. The van der Waals surface area contributed by atoms with Crippen molar-refractivity contribution in [2.45, 2.75) is 20.3 Å². The number of anilines is 1. The lowest BCUT2D eigenvalue weighted by atomic mass is 10.3. The fourth-order valence-electron chi connectivity index (χ4n) is 1.61. The fourth-order valence-corrected chi connectivity index (χ4v) is 1.61. The number of hydrogen-bond acceptors (Lipinski definition) is 5. The van der Waals surface area contributed by atoms with Crippen molar-refractivity contribution in [3.05, 3.63) is 29.7 Å². The lowest BCUT2D eigenvalue weighted by Gasteiger charge is -2.05. The molecular formula is C11H16N6. The maximum Gasteiger partial charge on any atom is 0.152 e. The van der Waals surface area contributed by atoms with Crippen LogP contribution < -0.4 is 5.32 Å². The normalized spacial score (nSPS) is 10.5. The van der Waals surface area contributed by atoms with Crippen LogP contribution in [0.4, 0.5) is 5.82 Å². The van der Waals surface area contributed by atoms with E-state index in [4.69, 9.17) is 0 Å². The van der Waals surface area contributed by atoms with Crippen molar-refractivity contribution in [2.75, 3.05) is 11.9 Å². The van der Waals surface area contributed by atoms with Gasteiger partial charge in [0.2, 0.25) is 0 Å². The predicted molar refractivity (Wildman–Crippen MR) is 64.7 cm³/mol. The molecule has 0 aliphatic rings. The van der Waals surface area contributed by atoms with Gasteiger partial charge in [-0.2, -0.15) is 5.10 Å². The van der Waals surface area contributed by atoms with Gasteiger partial charge in [0.15, 0.2) is 5.82 Å². The third-order valence-electron chi connectivity index (χ3n) is 2.27.